The number of anilines is 2. The van der Waals surface area contributed by atoms with Gasteiger partial charge in [-0.1, -0.05) is 12.1 Å². The number of aryl methyl sites for hydroxylation is 1. The van der Waals surface area contributed by atoms with Crippen molar-refractivity contribution in [3.63, 3.8) is 0 Å². The van der Waals surface area contributed by atoms with Gasteiger partial charge in [-0.25, -0.2) is 0 Å². The Hall–Kier alpha value is -2.70. The molecule has 0 unspecified atom stereocenters. The fourth-order valence-corrected chi connectivity index (χ4v) is 2.82. The van der Waals surface area contributed by atoms with E-state index in [1.807, 2.05) is 29.2 Å². The molecule has 0 atom stereocenters. The molecular formula is C16H21N5O2. The van der Waals surface area contributed by atoms with Gasteiger partial charge < -0.3 is 20.3 Å². The van der Waals surface area contributed by atoms with Gasteiger partial charge in [0, 0.05) is 33.2 Å². The molecule has 0 aliphatic carbocycles. The van der Waals surface area contributed by atoms with Crippen LogP contribution in [-0.4, -0.2) is 53.9 Å². The first-order valence-corrected chi connectivity index (χ1v) is 7.56. The zero-order chi connectivity index (χ0) is 16.4. The summed E-state index contributed by atoms with van der Waals surface area (Å²) in [6.07, 6.45) is 1.53. The van der Waals surface area contributed by atoms with E-state index in [1.54, 1.807) is 14.2 Å². The molecule has 2 N–H and O–H groups in total. The first-order chi connectivity index (χ1) is 11.1. The number of carbonyl (C=O) groups excluding carboxylic acids is 1. The van der Waals surface area contributed by atoms with Gasteiger partial charge in [0.1, 0.15) is 17.1 Å². The number of carbonyl (C=O) groups is 1. The average molecular weight is 315 g/mol. The summed E-state index contributed by atoms with van der Waals surface area (Å²) in [7, 11) is 3.40. The lowest BCUT2D eigenvalue weighted by Gasteiger charge is -2.36. The highest BCUT2D eigenvalue weighted by Crippen LogP contribution is 2.28. The third-order valence-corrected chi connectivity index (χ3v) is 4.21. The lowest BCUT2D eigenvalue weighted by molar-refractivity contribution is 0.0747. The van der Waals surface area contributed by atoms with Gasteiger partial charge in [0.05, 0.1) is 19.0 Å². The number of methoxy groups -OCH3 is 1. The molecule has 2 heterocycles. The number of para-hydroxylation sites is 2. The Bertz CT molecular complexity index is 704. The molecule has 3 rings (SSSR count). The monoisotopic (exact) mass is 315 g/mol. The number of piperazine rings is 1. The van der Waals surface area contributed by atoms with Gasteiger partial charge in [0.15, 0.2) is 0 Å². The van der Waals surface area contributed by atoms with Crippen molar-refractivity contribution in [2.45, 2.75) is 0 Å². The minimum Gasteiger partial charge on any atom is -0.495 e. The van der Waals surface area contributed by atoms with E-state index < -0.39 is 0 Å². The van der Waals surface area contributed by atoms with E-state index in [2.05, 4.69) is 10.00 Å². The largest absolute Gasteiger partial charge is 0.495 e. The number of hydrogen-bond acceptors (Lipinski definition) is 5. The van der Waals surface area contributed by atoms with Gasteiger partial charge in [-0.2, -0.15) is 5.10 Å². The van der Waals surface area contributed by atoms with E-state index in [0.717, 1.165) is 24.5 Å². The maximum Gasteiger partial charge on any atom is 0.259 e. The van der Waals surface area contributed by atoms with Crippen LogP contribution in [0.15, 0.2) is 30.5 Å². The number of ether oxygens (including phenoxy) is 1. The number of nitrogen functional groups attached to an aromatic ring is 1. The van der Waals surface area contributed by atoms with Crippen LogP contribution in [0.5, 0.6) is 5.75 Å². The minimum absolute atomic E-state index is 0.0599. The Morgan fingerprint density at radius 2 is 1.91 bits per heavy atom. The molecule has 7 heteroatoms. The van der Waals surface area contributed by atoms with E-state index in [1.165, 1.54) is 10.9 Å². The highest BCUT2D eigenvalue weighted by molar-refractivity contribution is 5.98. The molecule has 122 valence electrons. The summed E-state index contributed by atoms with van der Waals surface area (Å²) in [5.74, 6) is 1.20. The number of nitrogens with zero attached hydrogens (tertiary/aromatic N) is 4. The predicted octanol–water partition coefficient (Wildman–Crippen LogP) is 0.973. The second kappa shape index (κ2) is 6.20. The van der Waals surface area contributed by atoms with Gasteiger partial charge in [-0.15, -0.1) is 0 Å². The highest BCUT2D eigenvalue weighted by atomic mass is 16.5. The lowest BCUT2D eigenvalue weighted by atomic mass is 10.2. The van der Waals surface area contributed by atoms with Crippen molar-refractivity contribution >= 4 is 17.4 Å². The van der Waals surface area contributed by atoms with Gasteiger partial charge >= 0.3 is 0 Å². The summed E-state index contributed by atoms with van der Waals surface area (Å²) in [4.78, 5) is 16.6. The van der Waals surface area contributed by atoms with Crippen LogP contribution in [0, 0.1) is 0 Å². The maximum absolute atomic E-state index is 12.5. The van der Waals surface area contributed by atoms with E-state index in [0.29, 0.717) is 24.5 Å². The summed E-state index contributed by atoms with van der Waals surface area (Å²) in [5, 5.41) is 4.03. The van der Waals surface area contributed by atoms with Crippen molar-refractivity contribution in [1.29, 1.82) is 0 Å². The van der Waals surface area contributed by atoms with Crippen molar-refractivity contribution in [2.75, 3.05) is 43.9 Å². The molecule has 1 aromatic heterocycles. The van der Waals surface area contributed by atoms with Gasteiger partial charge in [-0.3, -0.25) is 9.48 Å². The Balaban J connectivity index is 1.69. The quantitative estimate of drug-likeness (QED) is 0.913. The Kier molecular flexibility index (Phi) is 4.10. The van der Waals surface area contributed by atoms with Crippen LogP contribution in [0.1, 0.15) is 10.4 Å². The molecule has 0 radical (unpaired) electrons. The normalized spacial score (nSPS) is 14.9. The van der Waals surface area contributed by atoms with Crippen molar-refractivity contribution in [1.82, 2.24) is 14.7 Å². The standard InChI is InChI=1S/C16H21N5O2/c1-19-15(17)12(11-18-19)16(22)21-9-7-20(8-10-21)13-5-3-4-6-14(13)23-2/h3-6,11H,7-10,17H2,1-2H3. The molecule has 0 saturated carbocycles. The first-order valence-electron chi connectivity index (χ1n) is 7.56. The Labute approximate surface area is 135 Å². The summed E-state index contributed by atoms with van der Waals surface area (Å²) in [6.45, 7) is 2.80. The zero-order valence-electron chi connectivity index (χ0n) is 13.4. The molecule has 0 bridgehead atoms. The topological polar surface area (TPSA) is 76.6 Å². The van der Waals surface area contributed by atoms with Crippen LogP contribution in [0.3, 0.4) is 0 Å². The molecule has 0 spiro atoms. The Morgan fingerprint density at radius 3 is 2.52 bits per heavy atom. The number of amides is 1. The molecule has 1 fully saturated rings. The average Bonchev–Trinajstić information content (AvgIpc) is 2.93. The number of nitrogens with two attached hydrogens (primary N) is 1. The summed E-state index contributed by atoms with van der Waals surface area (Å²) < 4.78 is 6.92. The molecule has 7 nitrogen and oxygen atoms in total. The molecule has 1 amide bonds. The third kappa shape index (κ3) is 2.81. The molecule has 2 aromatic rings. The molecule has 1 aromatic carbocycles. The zero-order valence-corrected chi connectivity index (χ0v) is 13.4. The fourth-order valence-electron chi connectivity index (χ4n) is 2.82. The number of aromatic nitrogens is 2. The molecule has 23 heavy (non-hydrogen) atoms. The highest BCUT2D eigenvalue weighted by Gasteiger charge is 2.25. The van der Waals surface area contributed by atoms with Crippen LogP contribution in [0.25, 0.3) is 0 Å². The van der Waals surface area contributed by atoms with Crippen molar-refractivity contribution in [2.24, 2.45) is 7.05 Å². The van der Waals surface area contributed by atoms with Crippen LogP contribution in [0.2, 0.25) is 0 Å². The molecule has 1 saturated heterocycles. The van der Waals surface area contributed by atoms with Crippen LogP contribution in [0.4, 0.5) is 11.5 Å². The van der Waals surface area contributed by atoms with Crippen LogP contribution >= 0.6 is 0 Å². The number of hydrogen-bond donors (Lipinski definition) is 1. The minimum atomic E-state index is -0.0599. The van der Waals surface area contributed by atoms with E-state index in [-0.39, 0.29) is 5.91 Å². The third-order valence-electron chi connectivity index (χ3n) is 4.21. The molecule has 1 aliphatic heterocycles. The first kappa shape index (κ1) is 15.2. The number of rotatable bonds is 3. The molecular weight excluding hydrogens is 294 g/mol. The number of benzene rings is 1. The summed E-state index contributed by atoms with van der Waals surface area (Å²) in [5.41, 5.74) is 7.42. The van der Waals surface area contributed by atoms with Crippen LogP contribution < -0.4 is 15.4 Å². The van der Waals surface area contributed by atoms with Crippen molar-refractivity contribution < 1.29 is 9.53 Å². The van der Waals surface area contributed by atoms with Gasteiger partial charge in [-0.05, 0) is 12.1 Å². The van der Waals surface area contributed by atoms with E-state index >= 15 is 0 Å². The SMILES string of the molecule is COc1ccccc1N1CCN(C(=O)c2cnn(C)c2N)CC1. The Morgan fingerprint density at radius 1 is 1.22 bits per heavy atom. The van der Waals surface area contributed by atoms with Crippen LogP contribution in [-0.2, 0) is 7.05 Å². The lowest BCUT2D eigenvalue weighted by Crippen LogP contribution is -2.49. The van der Waals surface area contributed by atoms with E-state index in [9.17, 15) is 4.79 Å². The second-order valence-electron chi connectivity index (χ2n) is 5.52. The van der Waals surface area contributed by atoms with E-state index in [4.69, 9.17) is 10.5 Å². The van der Waals surface area contributed by atoms with Crippen molar-refractivity contribution in [3.8, 4) is 5.75 Å². The summed E-state index contributed by atoms with van der Waals surface area (Å²) >= 11 is 0. The summed E-state index contributed by atoms with van der Waals surface area (Å²) in [6, 6.07) is 7.93. The van der Waals surface area contributed by atoms with Crippen molar-refractivity contribution in [3.05, 3.63) is 36.0 Å². The molecule has 1 aliphatic rings. The predicted molar refractivity (Wildman–Crippen MR) is 88.7 cm³/mol. The maximum atomic E-state index is 12.5. The van der Waals surface area contributed by atoms with Gasteiger partial charge in [0.2, 0.25) is 0 Å². The van der Waals surface area contributed by atoms with Gasteiger partial charge in [0.25, 0.3) is 5.91 Å². The fraction of sp³-hybridized carbons (Fsp3) is 0.375. The smallest absolute Gasteiger partial charge is 0.259 e. The second-order valence-corrected chi connectivity index (χ2v) is 5.52.